The summed E-state index contributed by atoms with van der Waals surface area (Å²) in [5, 5.41) is 9.91. The summed E-state index contributed by atoms with van der Waals surface area (Å²) in [6, 6.07) is 0. The van der Waals surface area contributed by atoms with Crippen molar-refractivity contribution in [2.45, 2.75) is 38.7 Å². The number of nitrogens with two attached hydrogens (primary N) is 1. The van der Waals surface area contributed by atoms with E-state index in [1.807, 2.05) is 18.7 Å². The van der Waals surface area contributed by atoms with E-state index in [0.717, 1.165) is 6.42 Å². The van der Waals surface area contributed by atoms with E-state index in [-0.39, 0.29) is 11.8 Å². The molecule has 0 aromatic heterocycles. The van der Waals surface area contributed by atoms with Gasteiger partial charge in [0, 0.05) is 25.6 Å². The van der Waals surface area contributed by atoms with Gasteiger partial charge < -0.3 is 15.7 Å². The lowest BCUT2D eigenvalue weighted by molar-refractivity contribution is -0.139. The minimum Gasteiger partial charge on any atom is -0.388 e. The average molecular weight is 214 g/mol. The smallest absolute Gasteiger partial charge is 0.225 e. The molecule has 1 amide bonds. The number of piperidine rings is 1. The number of hydrogen-bond acceptors (Lipinski definition) is 3. The molecule has 1 atom stereocenters. The number of amides is 1. The third kappa shape index (κ3) is 2.92. The lowest BCUT2D eigenvalue weighted by Crippen LogP contribution is -2.51. The molecule has 4 heteroatoms. The van der Waals surface area contributed by atoms with E-state index >= 15 is 0 Å². The van der Waals surface area contributed by atoms with Crippen LogP contribution in [-0.4, -0.2) is 41.1 Å². The first kappa shape index (κ1) is 12.5. The molecule has 0 spiro atoms. The van der Waals surface area contributed by atoms with Crippen LogP contribution in [0.5, 0.6) is 0 Å². The maximum atomic E-state index is 11.8. The fourth-order valence-electron chi connectivity index (χ4n) is 1.83. The Morgan fingerprint density at radius 3 is 2.47 bits per heavy atom. The van der Waals surface area contributed by atoms with E-state index in [0.29, 0.717) is 32.5 Å². The first-order valence-electron chi connectivity index (χ1n) is 5.73. The number of hydrogen-bond donors (Lipinski definition) is 2. The van der Waals surface area contributed by atoms with Crippen molar-refractivity contribution in [2.75, 3.05) is 19.6 Å². The molecule has 1 fully saturated rings. The first-order chi connectivity index (χ1) is 7.02. The fraction of sp³-hybridized carbons (Fsp3) is 0.909. The lowest BCUT2D eigenvalue weighted by Gasteiger charge is -2.38. The monoisotopic (exact) mass is 214 g/mol. The van der Waals surface area contributed by atoms with Gasteiger partial charge in [-0.2, -0.15) is 0 Å². The number of carbonyl (C=O) groups excluding carboxylic acids is 1. The second-order valence-corrected chi connectivity index (χ2v) is 4.56. The van der Waals surface area contributed by atoms with Gasteiger partial charge in [-0.05, 0) is 19.3 Å². The highest BCUT2D eigenvalue weighted by Crippen LogP contribution is 2.22. The molecule has 0 saturated carbocycles. The second kappa shape index (κ2) is 4.94. The van der Waals surface area contributed by atoms with Gasteiger partial charge in [-0.3, -0.25) is 4.79 Å². The Kier molecular flexibility index (Phi) is 4.11. The third-order valence-electron chi connectivity index (χ3n) is 3.42. The summed E-state index contributed by atoms with van der Waals surface area (Å²) in [7, 11) is 0. The normalized spacial score (nSPS) is 22.5. The number of aliphatic hydroxyl groups is 1. The number of likely N-dealkylation sites (tertiary alicyclic amines) is 1. The van der Waals surface area contributed by atoms with Gasteiger partial charge in [-0.15, -0.1) is 0 Å². The van der Waals surface area contributed by atoms with Crippen LogP contribution in [0.15, 0.2) is 0 Å². The highest BCUT2D eigenvalue weighted by Gasteiger charge is 2.33. The summed E-state index contributed by atoms with van der Waals surface area (Å²) >= 11 is 0. The minimum absolute atomic E-state index is 0.0917. The maximum Gasteiger partial charge on any atom is 0.225 e. The summed E-state index contributed by atoms with van der Waals surface area (Å²) in [5.74, 6) is 0.297. The van der Waals surface area contributed by atoms with Crippen LogP contribution in [0.1, 0.15) is 33.1 Å². The number of nitrogens with zero attached hydrogens (tertiary/aromatic N) is 1. The zero-order valence-electron chi connectivity index (χ0n) is 9.70. The zero-order chi connectivity index (χ0) is 11.5. The van der Waals surface area contributed by atoms with Gasteiger partial charge in [0.1, 0.15) is 0 Å². The van der Waals surface area contributed by atoms with Crippen LogP contribution in [0.3, 0.4) is 0 Å². The number of rotatable bonds is 3. The van der Waals surface area contributed by atoms with Crippen LogP contribution in [0.2, 0.25) is 0 Å². The van der Waals surface area contributed by atoms with Crippen LogP contribution in [0.25, 0.3) is 0 Å². The Bertz CT molecular complexity index is 223. The number of carbonyl (C=O) groups is 1. The van der Waals surface area contributed by atoms with Crippen molar-refractivity contribution < 1.29 is 9.90 Å². The third-order valence-corrected chi connectivity index (χ3v) is 3.42. The molecule has 0 radical (unpaired) electrons. The van der Waals surface area contributed by atoms with E-state index in [4.69, 9.17) is 5.73 Å². The molecular weight excluding hydrogens is 192 g/mol. The largest absolute Gasteiger partial charge is 0.388 e. The van der Waals surface area contributed by atoms with E-state index in [2.05, 4.69) is 0 Å². The zero-order valence-corrected chi connectivity index (χ0v) is 9.70. The van der Waals surface area contributed by atoms with Crippen molar-refractivity contribution in [1.82, 2.24) is 4.90 Å². The van der Waals surface area contributed by atoms with Gasteiger partial charge in [0.05, 0.1) is 5.60 Å². The molecule has 1 saturated heterocycles. The van der Waals surface area contributed by atoms with Crippen LogP contribution in [-0.2, 0) is 4.79 Å². The molecule has 88 valence electrons. The van der Waals surface area contributed by atoms with Crippen LogP contribution in [0.4, 0.5) is 0 Å². The van der Waals surface area contributed by atoms with Crippen molar-refractivity contribution in [3.05, 3.63) is 0 Å². The molecule has 3 N–H and O–H groups in total. The van der Waals surface area contributed by atoms with Crippen LogP contribution in [0, 0.1) is 5.92 Å². The summed E-state index contributed by atoms with van der Waals surface area (Å²) in [6.07, 6.45) is 2.08. The second-order valence-electron chi connectivity index (χ2n) is 4.56. The predicted molar refractivity (Wildman–Crippen MR) is 59.3 cm³/mol. The van der Waals surface area contributed by atoms with Gasteiger partial charge in [-0.25, -0.2) is 0 Å². The van der Waals surface area contributed by atoms with Crippen LogP contribution < -0.4 is 5.73 Å². The van der Waals surface area contributed by atoms with Gasteiger partial charge in [0.25, 0.3) is 0 Å². The molecule has 0 aromatic rings. The molecule has 1 rings (SSSR count). The lowest BCUT2D eigenvalue weighted by atomic mass is 9.91. The van der Waals surface area contributed by atoms with E-state index in [9.17, 15) is 9.90 Å². The summed E-state index contributed by atoms with van der Waals surface area (Å²) in [6.45, 7) is 5.53. The molecule has 4 nitrogen and oxygen atoms in total. The fourth-order valence-corrected chi connectivity index (χ4v) is 1.83. The predicted octanol–water partition coefficient (Wildman–Crippen LogP) is 0.345. The molecular formula is C11H22N2O2. The van der Waals surface area contributed by atoms with Gasteiger partial charge >= 0.3 is 0 Å². The van der Waals surface area contributed by atoms with Crippen molar-refractivity contribution in [2.24, 2.45) is 11.7 Å². The summed E-state index contributed by atoms with van der Waals surface area (Å²) in [4.78, 5) is 13.7. The van der Waals surface area contributed by atoms with Gasteiger partial charge in [0.2, 0.25) is 5.91 Å². The van der Waals surface area contributed by atoms with Crippen molar-refractivity contribution in [1.29, 1.82) is 0 Å². The summed E-state index contributed by atoms with van der Waals surface area (Å²) in [5.41, 5.74) is 4.75. The van der Waals surface area contributed by atoms with Crippen molar-refractivity contribution >= 4 is 5.91 Å². The molecule has 1 heterocycles. The minimum atomic E-state index is -0.744. The maximum absolute atomic E-state index is 11.8. The van der Waals surface area contributed by atoms with E-state index in [1.165, 1.54) is 0 Å². The molecule has 15 heavy (non-hydrogen) atoms. The Hall–Kier alpha value is -0.610. The van der Waals surface area contributed by atoms with E-state index in [1.54, 1.807) is 0 Å². The SMILES string of the molecule is CCC(C)C(=O)N1CCC(O)(CN)CC1. The Morgan fingerprint density at radius 2 is 2.07 bits per heavy atom. The highest BCUT2D eigenvalue weighted by molar-refractivity contribution is 5.78. The Balaban J connectivity index is 2.47. The molecule has 0 bridgehead atoms. The molecule has 1 aliphatic heterocycles. The first-order valence-corrected chi connectivity index (χ1v) is 5.73. The molecule has 0 aromatic carbocycles. The Labute approximate surface area is 91.4 Å². The molecule has 1 aliphatic rings. The van der Waals surface area contributed by atoms with Crippen molar-refractivity contribution in [3.8, 4) is 0 Å². The molecule has 0 aliphatic carbocycles. The average Bonchev–Trinajstić information content (AvgIpc) is 2.28. The standard InChI is InChI=1S/C11H22N2O2/c1-3-9(2)10(14)13-6-4-11(15,8-12)5-7-13/h9,15H,3-8,12H2,1-2H3. The van der Waals surface area contributed by atoms with E-state index < -0.39 is 5.60 Å². The topological polar surface area (TPSA) is 66.6 Å². The van der Waals surface area contributed by atoms with Crippen LogP contribution >= 0.6 is 0 Å². The van der Waals surface area contributed by atoms with Gasteiger partial charge in [-0.1, -0.05) is 13.8 Å². The Morgan fingerprint density at radius 1 is 1.53 bits per heavy atom. The molecule has 1 unspecified atom stereocenters. The highest BCUT2D eigenvalue weighted by atomic mass is 16.3. The summed E-state index contributed by atoms with van der Waals surface area (Å²) < 4.78 is 0. The van der Waals surface area contributed by atoms with Crippen molar-refractivity contribution in [3.63, 3.8) is 0 Å². The van der Waals surface area contributed by atoms with Gasteiger partial charge in [0.15, 0.2) is 0 Å². The quantitative estimate of drug-likeness (QED) is 0.712.